The number of halogens is 6. The van der Waals surface area contributed by atoms with Gasteiger partial charge in [0, 0.05) is 23.9 Å². The molecule has 5 nitrogen and oxygen atoms in total. The Morgan fingerprint density at radius 2 is 1.81 bits per heavy atom. The summed E-state index contributed by atoms with van der Waals surface area (Å²) in [6.45, 7) is 0.502. The molecule has 0 spiro atoms. The first-order chi connectivity index (χ1) is 15.0. The molecule has 168 valence electrons. The summed E-state index contributed by atoms with van der Waals surface area (Å²) < 4.78 is 79.3. The minimum atomic E-state index is -4.60. The van der Waals surface area contributed by atoms with Gasteiger partial charge in [-0.3, -0.25) is 14.5 Å². The summed E-state index contributed by atoms with van der Waals surface area (Å²) in [7, 11) is 0. The van der Waals surface area contributed by atoms with E-state index in [1.165, 1.54) is 12.1 Å². The molecule has 3 aromatic rings. The van der Waals surface area contributed by atoms with Crippen molar-refractivity contribution in [3.8, 4) is 11.3 Å². The van der Waals surface area contributed by atoms with Gasteiger partial charge in [0.05, 0.1) is 23.0 Å². The normalized spacial score (nSPS) is 16.5. The first kappa shape index (κ1) is 21.8. The molecule has 1 aliphatic heterocycles. The molecule has 2 aromatic heterocycles. The lowest BCUT2D eigenvalue weighted by molar-refractivity contribution is -0.141. The minimum Gasteiger partial charge on any atom is -0.344 e. The Morgan fingerprint density at radius 1 is 1.03 bits per heavy atom. The zero-order chi connectivity index (χ0) is 23.1. The van der Waals surface area contributed by atoms with Gasteiger partial charge in [0.2, 0.25) is 0 Å². The lowest BCUT2D eigenvalue weighted by Gasteiger charge is -2.24. The number of nitrogens with one attached hydrogen (secondary N) is 1. The van der Waals surface area contributed by atoms with Crippen LogP contribution >= 0.6 is 0 Å². The SMILES string of the molecule is O=C(N[C@H]1CCCn2nc(-c3ccnc(C(F)(F)F)c3)cc21)c1cccc(C(F)(F)F)c1. The number of rotatable bonds is 3. The van der Waals surface area contributed by atoms with Crippen LogP contribution < -0.4 is 5.32 Å². The van der Waals surface area contributed by atoms with Crippen LogP contribution in [0.4, 0.5) is 26.3 Å². The van der Waals surface area contributed by atoms with Crippen molar-refractivity contribution in [2.45, 2.75) is 37.8 Å². The lowest BCUT2D eigenvalue weighted by Crippen LogP contribution is -2.32. The molecule has 32 heavy (non-hydrogen) atoms. The molecule has 0 aliphatic carbocycles. The molecule has 0 fully saturated rings. The third kappa shape index (κ3) is 4.46. The number of hydrogen-bond donors (Lipinski definition) is 1. The van der Waals surface area contributed by atoms with E-state index in [2.05, 4.69) is 15.4 Å². The fourth-order valence-electron chi connectivity index (χ4n) is 3.59. The van der Waals surface area contributed by atoms with E-state index in [0.717, 1.165) is 30.5 Å². The third-order valence-corrected chi connectivity index (χ3v) is 5.13. The number of fused-ring (bicyclic) bond motifs is 1. The molecule has 1 aliphatic rings. The first-order valence-electron chi connectivity index (χ1n) is 9.62. The second kappa shape index (κ2) is 7.95. The zero-order valence-corrected chi connectivity index (χ0v) is 16.3. The standard InChI is InChI=1S/C21H16F6N4O/c22-20(23,24)14-4-1-3-13(9-14)19(32)29-15-5-2-8-31-17(15)11-16(30-31)12-6-7-28-18(10-12)21(25,26)27/h1,3-4,6-7,9-11,15H,2,5,8H2,(H,29,32)/t15-/m0/s1. The van der Waals surface area contributed by atoms with Crippen molar-refractivity contribution in [2.75, 3.05) is 0 Å². The molecule has 0 unspecified atom stereocenters. The van der Waals surface area contributed by atoms with Crippen LogP contribution in [0.3, 0.4) is 0 Å². The smallest absolute Gasteiger partial charge is 0.344 e. The van der Waals surface area contributed by atoms with Crippen LogP contribution in [0, 0.1) is 0 Å². The predicted molar refractivity (Wildman–Crippen MR) is 101 cm³/mol. The maximum absolute atomic E-state index is 13.0. The number of aryl methyl sites for hydroxylation is 1. The van der Waals surface area contributed by atoms with Crippen LogP contribution in [-0.2, 0) is 18.9 Å². The van der Waals surface area contributed by atoms with E-state index in [-0.39, 0.29) is 16.8 Å². The van der Waals surface area contributed by atoms with Crippen molar-refractivity contribution >= 4 is 5.91 Å². The van der Waals surface area contributed by atoms with E-state index in [9.17, 15) is 31.1 Å². The molecule has 1 atom stereocenters. The van der Waals surface area contributed by atoms with Crippen molar-refractivity contribution in [1.29, 1.82) is 0 Å². The van der Waals surface area contributed by atoms with Crippen molar-refractivity contribution in [2.24, 2.45) is 0 Å². The Bertz CT molecular complexity index is 1150. The largest absolute Gasteiger partial charge is 0.433 e. The maximum atomic E-state index is 13.0. The molecular formula is C21H16F6N4O. The van der Waals surface area contributed by atoms with Gasteiger partial charge >= 0.3 is 12.4 Å². The second-order valence-electron chi connectivity index (χ2n) is 7.35. The molecule has 0 saturated heterocycles. The molecule has 3 heterocycles. The fraction of sp³-hybridized carbons (Fsp3) is 0.286. The molecule has 11 heteroatoms. The van der Waals surface area contributed by atoms with Gasteiger partial charge in [0.25, 0.3) is 5.91 Å². The number of hydrogen-bond acceptors (Lipinski definition) is 3. The Kier molecular flexibility index (Phi) is 5.43. The molecule has 0 bridgehead atoms. The number of pyridine rings is 1. The average Bonchev–Trinajstić information content (AvgIpc) is 3.18. The highest BCUT2D eigenvalue weighted by atomic mass is 19.4. The molecule has 0 radical (unpaired) electrons. The number of amides is 1. The zero-order valence-electron chi connectivity index (χ0n) is 16.3. The van der Waals surface area contributed by atoms with Gasteiger partial charge in [-0.2, -0.15) is 31.4 Å². The highest BCUT2D eigenvalue weighted by molar-refractivity contribution is 5.94. The van der Waals surface area contributed by atoms with Gasteiger partial charge < -0.3 is 5.32 Å². The molecule has 1 N–H and O–H groups in total. The molecule has 1 aromatic carbocycles. The number of carbonyl (C=O) groups is 1. The van der Waals surface area contributed by atoms with E-state index < -0.39 is 35.6 Å². The summed E-state index contributed by atoms with van der Waals surface area (Å²) in [5.74, 6) is -0.680. The van der Waals surface area contributed by atoms with Crippen molar-refractivity contribution in [3.63, 3.8) is 0 Å². The third-order valence-electron chi connectivity index (χ3n) is 5.13. The Balaban J connectivity index is 1.59. The van der Waals surface area contributed by atoms with Crippen LogP contribution in [0.5, 0.6) is 0 Å². The summed E-state index contributed by atoms with van der Waals surface area (Å²) in [6, 6.07) is 7.42. The summed E-state index contributed by atoms with van der Waals surface area (Å²) in [6.07, 6.45) is -6.99. The molecule has 4 rings (SSSR count). The topological polar surface area (TPSA) is 59.8 Å². The highest BCUT2D eigenvalue weighted by Crippen LogP contribution is 2.33. The van der Waals surface area contributed by atoms with Crippen LogP contribution in [-0.4, -0.2) is 20.7 Å². The highest BCUT2D eigenvalue weighted by Gasteiger charge is 2.33. The Hall–Kier alpha value is -3.37. The van der Waals surface area contributed by atoms with Gasteiger partial charge in [-0.05, 0) is 49.2 Å². The summed E-state index contributed by atoms with van der Waals surface area (Å²) in [5.41, 5.74) is -1.04. The monoisotopic (exact) mass is 454 g/mol. The molecule has 1 amide bonds. The Labute approximate surface area is 178 Å². The number of nitrogens with zero attached hydrogens (tertiary/aromatic N) is 3. The van der Waals surface area contributed by atoms with E-state index in [4.69, 9.17) is 0 Å². The van der Waals surface area contributed by atoms with Gasteiger partial charge in [0.15, 0.2) is 0 Å². The molecular weight excluding hydrogens is 438 g/mol. The van der Waals surface area contributed by atoms with Crippen molar-refractivity contribution in [3.05, 3.63) is 71.2 Å². The van der Waals surface area contributed by atoms with Crippen LogP contribution in [0.2, 0.25) is 0 Å². The summed E-state index contributed by atoms with van der Waals surface area (Å²) >= 11 is 0. The van der Waals surface area contributed by atoms with Gasteiger partial charge in [-0.25, -0.2) is 0 Å². The number of benzene rings is 1. The van der Waals surface area contributed by atoms with E-state index >= 15 is 0 Å². The van der Waals surface area contributed by atoms with Gasteiger partial charge in [-0.1, -0.05) is 6.07 Å². The number of alkyl halides is 6. The average molecular weight is 454 g/mol. The van der Waals surface area contributed by atoms with Gasteiger partial charge in [-0.15, -0.1) is 0 Å². The summed E-state index contributed by atoms with van der Waals surface area (Å²) in [5, 5.41) is 7.05. The first-order valence-corrected chi connectivity index (χ1v) is 9.62. The Morgan fingerprint density at radius 3 is 2.53 bits per heavy atom. The van der Waals surface area contributed by atoms with Crippen molar-refractivity contribution < 1.29 is 31.1 Å². The quantitative estimate of drug-likeness (QED) is 0.550. The lowest BCUT2D eigenvalue weighted by atomic mass is 10.0. The van der Waals surface area contributed by atoms with Crippen molar-refractivity contribution in [1.82, 2.24) is 20.1 Å². The van der Waals surface area contributed by atoms with E-state index in [1.54, 1.807) is 10.7 Å². The fourth-order valence-corrected chi connectivity index (χ4v) is 3.59. The van der Waals surface area contributed by atoms with Crippen LogP contribution in [0.15, 0.2) is 48.7 Å². The maximum Gasteiger partial charge on any atom is 0.433 e. The van der Waals surface area contributed by atoms with Crippen LogP contribution in [0.25, 0.3) is 11.3 Å². The molecule has 0 saturated carbocycles. The summed E-state index contributed by atoms with van der Waals surface area (Å²) in [4.78, 5) is 15.9. The van der Waals surface area contributed by atoms with Gasteiger partial charge in [0.1, 0.15) is 5.69 Å². The van der Waals surface area contributed by atoms with E-state index in [1.807, 2.05) is 0 Å². The minimum absolute atomic E-state index is 0.138. The number of carbonyl (C=O) groups excluding carboxylic acids is 1. The predicted octanol–water partition coefficient (Wildman–Crippen LogP) is 5.25. The second-order valence-corrected chi connectivity index (χ2v) is 7.35. The number of aromatic nitrogens is 3. The van der Waals surface area contributed by atoms with E-state index in [0.29, 0.717) is 25.1 Å². The van der Waals surface area contributed by atoms with Crippen LogP contribution in [0.1, 0.15) is 46.2 Å².